The Morgan fingerprint density at radius 1 is 0.879 bits per heavy atom. The first kappa shape index (κ1) is 29.5. The maximum atomic E-state index is 12.6. The van der Waals surface area contributed by atoms with Gasteiger partial charge in [-0.25, -0.2) is 4.79 Å². The minimum Gasteiger partial charge on any atom is -0.480 e. The molecule has 0 fully saturated rings. The molecule has 0 aliphatic rings. The third kappa shape index (κ3) is 14.3. The highest BCUT2D eigenvalue weighted by molar-refractivity contribution is 5.93. The smallest absolute Gasteiger partial charge is 0.326 e. The second-order valence-electron chi connectivity index (χ2n) is 7.25. The molecule has 0 bridgehead atoms. The van der Waals surface area contributed by atoms with Crippen molar-refractivity contribution in [2.75, 3.05) is 19.6 Å². The van der Waals surface area contributed by atoms with E-state index in [2.05, 4.69) is 20.9 Å². The summed E-state index contributed by atoms with van der Waals surface area (Å²) in [7, 11) is 0. The summed E-state index contributed by atoms with van der Waals surface area (Å²) in [6.45, 7) is 0.0573. The lowest BCUT2D eigenvalue weighted by atomic mass is 10.1. The van der Waals surface area contributed by atoms with Gasteiger partial charge in [0.2, 0.25) is 23.6 Å². The zero-order valence-electron chi connectivity index (χ0n) is 18.4. The standard InChI is InChI=1S/C18H35N9O6/c19-6-2-1-4-11(26-14(29)9-25-15(30)10(20)8-13(21)28)16(31)27-12(17(32)33)5-3-7-24-18(22)23/h10-12H,1-9,19-20H2,(H2,21,28)(H,25,30)(H,26,29)(H,27,31)(H,32,33)(H4,22,23,24). The van der Waals surface area contributed by atoms with E-state index in [1.165, 1.54) is 0 Å². The number of aliphatic carboxylic acids is 1. The van der Waals surface area contributed by atoms with Crippen LogP contribution in [0.5, 0.6) is 0 Å². The highest BCUT2D eigenvalue weighted by Crippen LogP contribution is 2.04. The number of carboxylic acids is 1. The van der Waals surface area contributed by atoms with Crippen LogP contribution in [0.3, 0.4) is 0 Å². The minimum atomic E-state index is -1.25. The van der Waals surface area contributed by atoms with E-state index in [0.717, 1.165) is 0 Å². The van der Waals surface area contributed by atoms with Gasteiger partial charge in [-0.2, -0.15) is 0 Å². The van der Waals surface area contributed by atoms with Crippen LogP contribution < -0.4 is 44.6 Å². The predicted octanol–water partition coefficient (Wildman–Crippen LogP) is -4.46. The zero-order chi connectivity index (χ0) is 25.4. The molecule has 0 radical (unpaired) electrons. The van der Waals surface area contributed by atoms with E-state index in [9.17, 15) is 29.1 Å². The molecule has 0 aromatic rings. The normalized spacial score (nSPS) is 13.2. The van der Waals surface area contributed by atoms with Crippen LogP contribution in [0.1, 0.15) is 38.5 Å². The molecule has 0 aromatic heterocycles. The molecule has 0 rings (SSSR count). The van der Waals surface area contributed by atoms with Crippen LogP contribution in [0.25, 0.3) is 0 Å². The van der Waals surface area contributed by atoms with E-state index in [0.29, 0.717) is 25.8 Å². The molecule has 14 N–H and O–H groups in total. The van der Waals surface area contributed by atoms with Gasteiger partial charge in [0.15, 0.2) is 5.96 Å². The van der Waals surface area contributed by atoms with Crippen molar-refractivity contribution in [1.82, 2.24) is 16.0 Å². The SMILES string of the molecule is NCCCCC(NC(=O)CNC(=O)C(N)CC(N)=O)C(=O)NC(CCCN=C(N)N)C(=O)O. The molecule has 15 nitrogen and oxygen atoms in total. The Kier molecular flexibility index (Phi) is 14.5. The average molecular weight is 474 g/mol. The second kappa shape index (κ2) is 16.2. The van der Waals surface area contributed by atoms with Gasteiger partial charge >= 0.3 is 5.97 Å². The highest BCUT2D eigenvalue weighted by Gasteiger charge is 2.26. The van der Waals surface area contributed by atoms with E-state index in [1.807, 2.05) is 0 Å². The molecule has 3 atom stereocenters. The number of primary amides is 1. The molecule has 0 aliphatic carbocycles. The summed E-state index contributed by atoms with van der Waals surface area (Å²) in [4.78, 5) is 62.7. The second-order valence-corrected chi connectivity index (χ2v) is 7.25. The Morgan fingerprint density at radius 2 is 1.52 bits per heavy atom. The molecule has 188 valence electrons. The van der Waals surface area contributed by atoms with Crippen LogP contribution in [-0.4, -0.2) is 78.4 Å². The number of carboxylic acid groups (broad SMARTS) is 1. The van der Waals surface area contributed by atoms with Gasteiger partial charge < -0.3 is 49.7 Å². The molecule has 0 spiro atoms. The van der Waals surface area contributed by atoms with E-state index in [4.69, 9.17) is 28.7 Å². The zero-order valence-corrected chi connectivity index (χ0v) is 18.4. The lowest BCUT2D eigenvalue weighted by molar-refractivity contribution is -0.142. The van der Waals surface area contributed by atoms with Gasteiger partial charge in [0.05, 0.1) is 19.0 Å². The first-order chi connectivity index (χ1) is 15.5. The lowest BCUT2D eigenvalue weighted by Gasteiger charge is -2.22. The Morgan fingerprint density at radius 3 is 2.06 bits per heavy atom. The fourth-order valence-corrected chi connectivity index (χ4v) is 2.65. The molecule has 15 heteroatoms. The fraction of sp³-hybridized carbons (Fsp3) is 0.667. The summed E-state index contributed by atoms with van der Waals surface area (Å²) in [6, 6.07) is -3.49. The largest absolute Gasteiger partial charge is 0.480 e. The number of nitrogens with two attached hydrogens (primary N) is 5. The molecule has 0 heterocycles. The van der Waals surface area contributed by atoms with E-state index in [1.54, 1.807) is 0 Å². The molecular weight excluding hydrogens is 438 g/mol. The molecule has 3 unspecified atom stereocenters. The van der Waals surface area contributed by atoms with Crippen molar-refractivity contribution in [3.8, 4) is 0 Å². The Hall–Kier alpha value is -3.46. The topological polar surface area (TPSA) is 284 Å². The number of unbranched alkanes of at least 4 members (excludes halogenated alkanes) is 1. The van der Waals surface area contributed by atoms with E-state index in [-0.39, 0.29) is 25.3 Å². The van der Waals surface area contributed by atoms with Crippen LogP contribution in [0.4, 0.5) is 0 Å². The van der Waals surface area contributed by atoms with Crippen LogP contribution in [0, 0.1) is 0 Å². The number of carbonyl (C=O) groups excluding carboxylic acids is 4. The van der Waals surface area contributed by atoms with Gasteiger partial charge in [0, 0.05) is 6.54 Å². The predicted molar refractivity (Wildman–Crippen MR) is 119 cm³/mol. The van der Waals surface area contributed by atoms with Gasteiger partial charge in [0.25, 0.3) is 0 Å². The van der Waals surface area contributed by atoms with E-state index < -0.39 is 60.7 Å². The monoisotopic (exact) mass is 473 g/mol. The summed E-state index contributed by atoms with van der Waals surface area (Å²) in [5.74, 6) is -4.33. The first-order valence-corrected chi connectivity index (χ1v) is 10.4. The fourth-order valence-electron chi connectivity index (χ4n) is 2.65. The summed E-state index contributed by atoms with van der Waals surface area (Å²) < 4.78 is 0. The third-order valence-corrected chi connectivity index (χ3v) is 4.34. The van der Waals surface area contributed by atoms with Crippen molar-refractivity contribution in [3.63, 3.8) is 0 Å². The number of rotatable bonds is 17. The molecule has 0 aliphatic heterocycles. The quantitative estimate of drug-likeness (QED) is 0.0554. The van der Waals surface area contributed by atoms with Gasteiger partial charge in [0.1, 0.15) is 12.1 Å². The van der Waals surface area contributed by atoms with Crippen molar-refractivity contribution >= 4 is 35.6 Å². The summed E-state index contributed by atoms with van der Waals surface area (Å²) in [6.07, 6.45) is 1.25. The number of hydrogen-bond donors (Lipinski definition) is 9. The number of guanidine groups is 1. The van der Waals surface area contributed by atoms with Gasteiger partial charge in [-0.3, -0.25) is 24.2 Å². The maximum absolute atomic E-state index is 12.6. The molecule has 4 amide bonds. The minimum absolute atomic E-state index is 0.0646. The molecule has 0 aromatic carbocycles. The molecule has 33 heavy (non-hydrogen) atoms. The average Bonchev–Trinajstić information content (AvgIpc) is 2.72. The van der Waals surface area contributed by atoms with Crippen LogP contribution in [0.15, 0.2) is 4.99 Å². The van der Waals surface area contributed by atoms with Crippen molar-refractivity contribution < 1.29 is 29.1 Å². The number of amides is 4. The Bertz CT molecular complexity index is 712. The van der Waals surface area contributed by atoms with Crippen molar-refractivity contribution in [3.05, 3.63) is 0 Å². The number of nitrogens with one attached hydrogen (secondary N) is 3. The van der Waals surface area contributed by atoms with Crippen LogP contribution in [-0.2, 0) is 24.0 Å². The summed E-state index contributed by atoms with van der Waals surface area (Å²) in [5.41, 5.74) is 26.3. The van der Waals surface area contributed by atoms with Gasteiger partial charge in [-0.1, -0.05) is 0 Å². The summed E-state index contributed by atoms with van der Waals surface area (Å²) in [5, 5.41) is 16.4. The van der Waals surface area contributed by atoms with Crippen molar-refractivity contribution in [1.29, 1.82) is 0 Å². The molecule has 0 saturated heterocycles. The number of nitrogens with zero attached hydrogens (tertiary/aromatic N) is 1. The third-order valence-electron chi connectivity index (χ3n) is 4.34. The first-order valence-electron chi connectivity index (χ1n) is 10.4. The number of hydrogen-bond acceptors (Lipinski definition) is 8. The summed E-state index contributed by atoms with van der Waals surface area (Å²) >= 11 is 0. The number of aliphatic imine (C=N–C) groups is 1. The molecule has 0 saturated carbocycles. The van der Waals surface area contributed by atoms with Crippen molar-refractivity contribution in [2.24, 2.45) is 33.7 Å². The molecular formula is C18H35N9O6. The van der Waals surface area contributed by atoms with Crippen LogP contribution in [0.2, 0.25) is 0 Å². The van der Waals surface area contributed by atoms with Gasteiger partial charge in [-0.15, -0.1) is 0 Å². The number of carbonyl (C=O) groups is 5. The van der Waals surface area contributed by atoms with Crippen LogP contribution >= 0.6 is 0 Å². The van der Waals surface area contributed by atoms with E-state index >= 15 is 0 Å². The Balaban J connectivity index is 4.95. The van der Waals surface area contributed by atoms with Gasteiger partial charge in [-0.05, 0) is 38.6 Å². The lowest BCUT2D eigenvalue weighted by Crippen LogP contribution is -2.53. The maximum Gasteiger partial charge on any atom is 0.326 e. The van der Waals surface area contributed by atoms with Crippen molar-refractivity contribution in [2.45, 2.75) is 56.7 Å². The highest BCUT2D eigenvalue weighted by atomic mass is 16.4. The Labute approximate surface area is 191 Å².